The minimum Gasteiger partial charge on any atom is -0.368 e. The number of carbonyl (C=O) groups is 2. The minimum atomic E-state index is -0.709. The molecule has 0 aliphatic rings. The average Bonchev–Trinajstić information content (AvgIpc) is 2.21. The molecular formula is C8H10N4O4. The predicted molar refractivity (Wildman–Crippen MR) is 51.8 cm³/mol. The Hall–Kier alpha value is -2.22. The van der Waals surface area contributed by atoms with Gasteiger partial charge >= 0.3 is 5.69 Å². The molecule has 8 heteroatoms. The van der Waals surface area contributed by atoms with Crippen molar-refractivity contribution in [1.82, 2.24) is 15.0 Å². The molecule has 0 fully saturated rings. The van der Waals surface area contributed by atoms with Crippen LogP contribution in [0.25, 0.3) is 0 Å². The molecule has 0 aliphatic heterocycles. The fraction of sp³-hybridized carbons (Fsp3) is 0.250. The van der Waals surface area contributed by atoms with E-state index in [1.54, 1.807) is 0 Å². The quantitative estimate of drug-likeness (QED) is 0.551. The third-order valence-corrected chi connectivity index (χ3v) is 1.50. The lowest BCUT2D eigenvalue weighted by molar-refractivity contribution is -0.138. The number of nitrogens with zero attached hydrogens (tertiary/aromatic N) is 2. The van der Waals surface area contributed by atoms with Crippen LogP contribution in [-0.4, -0.2) is 28.0 Å². The molecule has 1 aromatic heterocycles. The number of hydrogen-bond acceptors (Lipinski definition) is 5. The molecule has 0 unspecified atom stereocenters. The van der Waals surface area contributed by atoms with E-state index in [0.717, 1.165) is 4.57 Å². The highest BCUT2D eigenvalue weighted by Gasteiger charge is 2.04. The number of carbonyl (C=O) groups excluding carboxylic acids is 2. The highest BCUT2D eigenvalue weighted by Crippen LogP contribution is 1.80. The summed E-state index contributed by atoms with van der Waals surface area (Å²) in [6.45, 7) is -0.668. The van der Waals surface area contributed by atoms with Crippen molar-refractivity contribution in [1.29, 1.82) is 0 Å². The van der Waals surface area contributed by atoms with Gasteiger partial charge < -0.3 is 5.73 Å². The number of hydroxylamine groups is 1. The summed E-state index contributed by atoms with van der Waals surface area (Å²) in [4.78, 5) is 40.5. The molecular weight excluding hydrogens is 216 g/mol. The smallest absolute Gasteiger partial charge is 0.347 e. The van der Waals surface area contributed by atoms with Crippen LogP contribution in [-0.2, 0) is 21.0 Å². The van der Waals surface area contributed by atoms with E-state index < -0.39 is 24.1 Å². The molecule has 16 heavy (non-hydrogen) atoms. The second-order valence-electron chi connectivity index (χ2n) is 2.81. The van der Waals surface area contributed by atoms with Crippen molar-refractivity contribution in [2.75, 3.05) is 6.61 Å². The Morgan fingerprint density at radius 2 is 2.31 bits per heavy atom. The van der Waals surface area contributed by atoms with E-state index in [0.29, 0.717) is 0 Å². The van der Waals surface area contributed by atoms with Crippen LogP contribution in [0, 0.1) is 0 Å². The number of nitrogens with one attached hydrogen (secondary N) is 1. The maximum atomic E-state index is 11.2. The summed E-state index contributed by atoms with van der Waals surface area (Å²) in [7, 11) is 0. The molecule has 0 saturated carbocycles. The Morgan fingerprint density at radius 3 is 2.94 bits per heavy atom. The van der Waals surface area contributed by atoms with Crippen molar-refractivity contribution in [2.24, 2.45) is 5.73 Å². The highest BCUT2D eigenvalue weighted by atomic mass is 16.7. The topological polar surface area (TPSA) is 116 Å². The second kappa shape index (κ2) is 5.61. The zero-order chi connectivity index (χ0) is 12.0. The number of rotatable bonds is 5. The molecule has 0 radical (unpaired) electrons. The number of hydrogen-bond donors (Lipinski definition) is 2. The lowest BCUT2D eigenvalue weighted by atomic mass is 10.5. The second-order valence-corrected chi connectivity index (χ2v) is 2.81. The SMILES string of the molecule is NC(=O)CONC(=O)Cn1cccnc1=O. The first-order chi connectivity index (χ1) is 7.59. The van der Waals surface area contributed by atoms with Crippen LogP contribution in [0.5, 0.6) is 0 Å². The Kier molecular flexibility index (Phi) is 4.16. The third kappa shape index (κ3) is 3.88. The number of aromatic nitrogens is 2. The van der Waals surface area contributed by atoms with Gasteiger partial charge in [-0.2, -0.15) is 0 Å². The first-order valence-electron chi connectivity index (χ1n) is 4.30. The summed E-state index contributed by atoms with van der Waals surface area (Å²) < 4.78 is 1.09. The molecule has 0 atom stereocenters. The Morgan fingerprint density at radius 1 is 1.56 bits per heavy atom. The van der Waals surface area contributed by atoms with Gasteiger partial charge in [0.1, 0.15) is 6.54 Å². The van der Waals surface area contributed by atoms with Gasteiger partial charge in [-0.15, -0.1) is 0 Å². The first-order valence-corrected chi connectivity index (χ1v) is 4.30. The lowest BCUT2D eigenvalue weighted by Gasteiger charge is -2.05. The lowest BCUT2D eigenvalue weighted by Crippen LogP contribution is -2.34. The van der Waals surface area contributed by atoms with Crippen LogP contribution in [0.1, 0.15) is 0 Å². The van der Waals surface area contributed by atoms with Crippen LogP contribution in [0.4, 0.5) is 0 Å². The zero-order valence-corrected chi connectivity index (χ0v) is 8.25. The van der Waals surface area contributed by atoms with Crippen molar-refractivity contribution in [2.45, 2.75) is 6.54 Å². The molecule has 0 saturated heterocycles. The molecule has 3 N–H and O–H groups in total. The van der Waals surface area contributed by atoms with Crippen molar-refractivity contribution >= 4 is 11.8 Å². The average molecular weight is 226 g/mol. The van der Waals surface area contributed by atoms with E-state index in [1.807, 2.05) is 5.48 Å². The van der Waals surface area contributed by atoms with Crippen LogP contribution in [0.3, 0.4) is 0 Å². The summed E-state index contributed by atoms with van der Waals surface area (Å²) >= 11 is 0. The van der Waals surface area contributed by atoms with Gasteiger partial charge in [0, 0.05) is 12.4 Å². The Labute approximate surface area is 90.0 Å². The van der Waals surface area contributed by atoms with Gasteiger partial charge in [0.15, 0.2) is 6.61 Å². The predicted octanol–water partition coefficient (Wildman–Crippen LogP) is -2.22. The van der Waals surface area contributed by atoms with E-state index in [2.05, 4.69) is 9.82 Å². The van der Waals surface area contributed by atoms with Gasteiger partial charge in [0.05, 0.1) is 0 Å². The van der Waals surface area contributed by atoms with E-state index in [-0.39, 0.29) is 6.54 Å². The first kappa shape index (κ1) is 11.9. The fourth-order valence-electron chi connectivity index (χ4n) is 0.882. The minimum absolute atomic E-state index is 0.245. The number of amides is 2. The monoisotopic (exact) mass is 226 g/mol. The molecule has 8 nitrogen and oxygen atoms in total. The number of primary amides is 1. The number of nitrogens with two attached hydrogens (primary N) is 1. The van der Waals surface area contributed by atoms with E-state index >= 15 is 0 Å². The standard InChI is InChI=1S/C8H10N4O4/c9-6(13)5-16-11-7(14)4-12-3-1-2-10-8(12)15/h1-3H,4-5H2,(H2,9,13)(H,11,14). The summed E-state index contributed by atoms with van der Waals surface area (Å²) in [6.07, 6.45) is 2.73. The van der Waals surface area contributed by atoms with Crippen molar-refractivity contribution < 1.29 is 14.4 Å². The van der Waals surface area contributed by atoms with Crippen molar-refractivity contribution in [3.05, 3.63) is 28.9 Å². The molecule has 1 rings (SSSR count). The maximum absolute atomic E-state index is 11.2. The Balaban J connectivity index is 2.43. The summed E-state index contributed by atoms with van der Waals surface area (Å²) in [5.74, 6) is -1.30. The van der Waals surface area contributed by atoms with Gasteiger partial charge in [-0.25, -0.2) is 15.3 Å². The largest absolute Gasteiger partial charge is 0.368 e. The van der Waals surface area contributed by atoms with Crippen LogP contribution in [0.15, 0.2) is 23.3 Å². The molecule has 86 valence electrons. The molecule has 2 amide bonds. The van der Waals surface area contributed by atoms with E-state index in [9.17, 15) is 14.4 Å². The molecule has 1 heterocycles. The van der Waals surface area contributed by atoms with E-state index in [1.165, 1.54) is 18.5 Å². The van der Waals surface area contributed by atoms with Gasteiger partial charge in [-0.3, -0.25) is 19.0 Å². The summed E-state index contributed by atoms with van der Waals surface area (Å²) in [5, 5.41) is 0. The van der Waals surface area contributed by atoms with Crippen molar-refractivity contribution in [3.8, 4) is 0 Å². The molecule has 1 aromatic rings. The normalized spacial score (nSPS) is 9.75. The zero-order valence-electron chi connectivity index (χ0n) is 8.25. The fourth-order valence-corrected chi connectivity index (χ4v) is 0.882. The van der Waals surface area contributed by atoms with Gasteiger partial charge in [-0.05, 0) is 6.07 Å². The molecule has 0 aromatic carbocycles. The van der Waals surface area contributed by atoms with E-state index in [4.69, 9.17) is 5.73 Å². The highest BCUT2D eigenvalue weighted by molar-refractivity contribution is 5.76. The molecule has 0 aliphatic carbocycles. The maximum Gasteiger partial charge on any atom is 0.347 e. The van der Waals surface area contributed by atoms with Crippen LogP contribution < -0.4 is 16.9 Å². The molecule has 0 bridgehead atoms. The van der Waals surface area contributed by atoms with Gasteiger partial charge in [-0.1, -0.05) is 0 Å². The van der Waals surface area contributed by atoms with Crippen LogP contribution in [0.2, 0.25) is 0 Å². The summed E-state index contributed by atoms with van der Waals surface area (Å²) in [5.41, 5.74) is 6.19. The van der Waals surface area contributed by atoms with Gasteiger partial charge in [0.25, 0.3) is 5.91 Å². The summed E-state index contributed by atoms with van der Waals surface area (Å²) in [6, 6.07) is 1.51. The molecule has 0 spiro atoms. The Bertz CT molecular complexity index is 442. The third-order valence-electron chi connectivity index (χ3n) is 1.50. The van der Waals surface area contributed by atoms with Gasteiger partial charge in [0.2, 0.25) is 5.91 Å². The van der Waals surface area contributed by atoms with Crippen molar-refractivity contribution in [3.63, 3.8) is 0 Å². The van der Waals surface area contributed by atoms with Crippen LogP contribution >= 0.6 is 0 Å².